The van der Waals surface area contributed by atoms with Crippen LogP contribution in [-0.2, 0) is 4.79 Å². The van der Waals surface area contributed by atoms with Crippen molar-refractivity contribution in [1.29, 1.82) is 0 Å². The average Bonchev–Trinajstić information content (AvgIpc) is 2.27. The number of likely N-dealkylation sites (N-methyl/N-ethyl adjacent to an activating group) is 1. The van der Waals surface area contributed by atoms with Crippen molar-refractivity contribution < 1.29 is 18.0 Å². The van der Waals surface area contributed by atoms with Crippen LogP contribution in [0.25, 0.3) is 0 Å². The topological polar surface area (TPSA) is 35.6 Å². The van der Waals surface area contributed by atoms with Crippen LogP contribution in [0.1, 0.15) is 13.8 Å². The lowest BCUT2D eigenvalue weighted by Gasteiger charge is -2.39. The summed E-state index contributed by atoms with van der Waals surface area (Å²) in [6.07, 6.45) is -4.27. The summed E-state index contributed by atoms with van der Waals surface area (Å²) in [6.45, 7) is 5.58. The Balaban J connectivity index is 2.31. The van der Waals surface area contributed by atoms with E-state index in [1.54, 1.807) is 4.90 Å². The van der Waals surface area contributed by atoms with Crippen LogP contribution in [0.4, 0.5) is 13.2 Å². The highest BCUT2D eigenvalue weighted by atomic mass is 19.4. The van der Waals surface area contributed by atoms with E-state index in [1.807, 2.05) is 6.92 Å². The Morgan fingerprint density at radius 2 is 2.06 bits per heavy atom. The molecule has 1 unspecified atom stereocenters. The van der Waals surface area contributed by atoms with E-state index in [-0.39, 0.29) is 18.5 Å². The van der Waals surface area contributed by atoms with Gasteiger partial charge in [-0.3, -0.25) is 9.69 Å². The van der Waals surface area contributed by atoms with Gasteiger partial charge < -0.3 is 10.2 Å². The van der Waals surface area contributed by atoms with Crippen molar-refractivity contribution in [3.8, 4) is 0 Å². The van der Waals surface area contributed by atoms with E-state index in [1.165, 1.54) is 0 Å². The number of hydrogen-bond acceptors (Lipinski definition) is 3. The van der Waals surface area contributed by atoms with Gasteiger partial charge in [0.2, 0.25) is 5.91 Å². The van der Waals surface area contributed by atoms with Crippen LogP contribution in [0.3, 0.4) is 0 Å². The zero-order chi connectivity index (χ0) is 13.8. The van der Waals surface area contributed by atoms with Crippen LogP contribution in [0.15, 0.2) is 0 Å². The number of alkyl halides is 3. The van der Waals surface area contributed by atoms with Gasteiger partial charge in [-0.05, 0) is 13.5 Å². The van der Waals surface area contributed by atoms with Gasteiger partial charge in [0, 0.05) is 25.7 Å². The predicted octanol–water partition coefficient (Wildman–Crippen LogP) is 0.691. The van der Waals surface area contributed by atoms with Crippen LogP contribution in [-0.4, -0.2) is 67.2 Å². The largest absolute Gasteiger partial charge is 0.401 e. The molecule has 7 heteroatoms. The Morgan fingerprint density at radius 3 is 2.56 bits per heavy atom. The van der Waals surface area contributed by atoms with Crippen molar-refractivity contribution >= 4 is 5.91 Å². The molecule has 0 aromatic heterocycles. The third kappa shape index (κ3) is 4.81. The van der Waals surface area contributed by atoms with Crippen molar-refractivity contribution in [2.45, 2.75) is 26.1 Å². The third-order valence-electron chi connectivity index (χ3n) is 3.13. The van der Waals surface area contributed by atoms with E-state index >= 15 is 0 Å². The second-order valence-electron chi connectivity index (χ2n) is 4.54. The summed E-state index contributed by atoms with van der Waals surface area (Å²) in [6, 6.07) is 0.260. The van der Waals surface area contributed by atoms with Gasteiger partial charge in [0.1, 0.15) is 0 Å². The summed E-state index contributed by atoms with van der Waals surface area (Å²) < 4.78 is 35.7. The van der Waals surface area contributed by atoms with Crippen molar-refractivity contribution in [2.75, 3.05) is 39.3 Å². The molecule has 106 valence electrons. The average molecular weight is 267 g/mol. The fourth-order valence-electron chi connectivity index (χ4n) is 2.11. The maximum atomic E-state index is 11.9. The molecule has 1 heterocycles. The van der Waals surface area contributed by atoms with E-state index in [9.17, 15) is 18.0 Å². The summed E-state index contributed by atoms with van der Waals surface area (Å²) in [4.78, 5) is 15.6. The Morgan fingerprint density at radius 1 is 1.39 bits per heavy atom. The lowest BCUT2D eigenvalue weighted by atomic mass is 10.2. The number of nitrogens with zero attached hydrogens (tertiary/aromatic N) is 2. The van der Waals surface area contributed by atoms with Gasteiger partial charge in [0.05, 0.1) is 13.1 Å². The molecule has 0 bridgehead atoms. The minimum absolute atomic E-state index is 0.252. The number of hydrogen-bond donors (Lipinski definition) is 1. The normalized spacial score (nSPS) is 22.3. The molecule has 1 atom stereocenters. The molecule has 18 heavy (non-hydrogen) atoms. The molecule has 0 saturated carbocycles. The van der Waals surface area contributed by atoms with E-state index in [2.05, 4.69) is 17.1 Å². The maximum Gasteiger partial charge on any atom is 0.401 e. The molecule has 0 aliphatic carbocycles. The van der Waals surface area contributed by atoms with Crippen molar-refractivity contribution in [1.82, 2.24) is 15.1 Å². The van der Waals surface area contributed by atoms with Gasteiger partial charge in [-0.1, -0.05) is 6.92 Å². The maximum absolute atomic E-state index is 11.9. The summed E-state index contributed by atoms with van der Waals surface area (Å²) in [5.41, 5.74) is 0. The Hall–Kier alpha value is -0.820. The van der Waals surface area contributed by atoms with Crippen LogP contribution < -0.4 is 5.32 Å². The quantitative estimate of drug-likeness (QED) is 0.814. The van der Waals surface area contributed by atoms with E-state index in [0.717, 1.165) is 13.1 Å². The predicted molar refractivity (Wildman–Crippen MR) is 62.2 cm³/mol. The smallest absolute Gasteiger partial charge is 0.339 e. The Kier molecular flexibility index (Phi) is 5.40. The van der Waals surface area contributed by atoms with Crippen LogP contribution in [0, 0.1) is 0 Å². The first-order valence-electron chi connectivity index (χ1n) is 6.12. The number of amides is 1. The standard InChI is InChI=1S/C11H20F3N3O/c1-3-16-4-5-17(7-9(16)2)10(18)6-15-8-11(12,13)14/h9,15H,3-8H2,1-2H3. The van der Waals surface area contributed by atoms with Gasteiger partial charge >= 0.3 is 6.18 Å². The monoisotopic (exact) mass is 267 g/mol. The molecular weight excluding hydrogens is 247 g/mol. The molecule has 0 aromatic rings. The summed E-state index contributed by atoms with van der Waals surface area (Å²) in [5.74, 6) is -0.262. The lowest BCUT2D eigenvalue weighted by molar-refractivity contribution is -0.136. The van der Waals surface area contributed by atoms with Gasteiger partial charge in [0.25, 0.3) is 0 Å². The number of halogens is 3. The Labute approximate surface area is 105 Å². The molecule has 1 amide bonds. The van der Waals surface area contributed by atoms with Crippen LogP contribution in [0.5, 0.6) is 0 Å². The molecule has 1 fully saturated rings. The molecule has 1 rings (SSSR count). The highest BCUT2D eigenvalue weighted by Gasteiger charge is 2.28. The molecule has 4 nitrogen and oxygen atoms in total. The number of nitrogens with one attached hydrogen (secondary N) is 1. The first-order chi connectivity index (χ1) is 8.33. The lowest BCUT2D eigenvalue weighted by Crippen LogP contribution is -2.55. The second-order valence-corrected chi connectivity index (χ2v) is 4.54. The third-order valence-corrected chi connectivity index (χ3v) is 3.13. The fourth-order valence-corrected chi connectivity index (χ4v) is 2.11. The first kappa shape index (κ1) is 15.2. The fraction of sp³-hybridized carbons (Fsp3) is 0.909. The number of rotatable bonds is 4. The molecule has 0 spiro atoms. The Bertz CT molecular complexity index is 283. The summed E-state index contributed by atoms with van der Waals surface area (Å²) in [5, 5.41) is 2.13. The second kappa shape index (κ2) is 6.38. The zero-order valence-electron chi connectivity index (χ0n) is 10.8. The van der Waals surface area contributed by atoms with E-state index in [0.29, 0.717) is 13.1 Å². The number of carbonyl (C=O) groups excluding carboxylic acids is 1. The van der Waals surface area contributed by atoms with Gasteiger partial charge in [0.15, 0.2) is 0 Å². The summed E-state index contributed by atoms with van der Waals surface area (Å²) in [7, 11) is 0. The minimum Gasteiger partial charge on any atom is -0.339 e. The molecule has 1 aliphatic rings. The van der Waals surface area contributed by atoms with Crippen molar-refractivity contribution in [3.63, 3.8) is 0 Å². The van der Waals surface area contributed by atoms with Crippen molar-refractivity contribution in [3.05, 3.63) is 0 Å². The molecule has 1 saturated heterocycles. The molecule has 0 radical (unpaired) electrons. The first-order valence-corrected chi connectivity index (χ1v) is 6.12. The molecule has 1 N–H and O–H groups in total. The molecule has 0 aromatic carbocycles. The molecule has 1 aliphatic heterocycles. The van der Waals surface area contributed by atoms with E-state index < -0.39 is 12.7 Å². The van der Waals surface area contributed by atoms with Gasteiger partial charge in [-0.25, -0.2) is 0 Å². The minimum atomic E-state index is -4.27. The SMILES string of the molecule is CCN1CCN(C(=O)CNCC(F)(F)F)CC1C. The van der Waals surface area contributed by atoms with Crippen LogP contribution >= 0.6 is 0 Å². The van der Waals surface area contributed by atoms with Gasteiger partial charge in [-0.15, -0.1) is 0 Å². The highest BCUT2D eigenvalue weighted by molar-refractivity contribution is 5.78. The zero-order valence-corrected chi connectivity index (χ0v) is 10.8. The summed E-state index contributed by atoms with van der Waals surface area (Å²) >= 11 is 0. The number of piperazine rings is 1. The highest BCUT2D eigenvalue weighted by Crippen LogP contribution is 2.12. The van der Waals surface area contributed by atoms with Crippen molar-refractivity contribution in [2.24, 2.45) is 0 Å². The molecular formula is C11H20F3N3O. The van der Waals surface area contributed by atoms with Crippen LogP contribution in [0.2, 0.25) is 0 Å². The van der Waals surface area contributed by atoms with E-state index in [4.69, 9.17) is 0 Å². The van der Waals surface area contributed by atoms with Gasteiger partial charge in [-0.2, -0.15) is 13.2 Å². The number of carbonyl (C=O) groups is 1.